The Morgan fingerprint density at radius 1 is 1.28 bits per heavy atom. The second kappa shape index (κ2) is 6.70. The van der Waals surface area contributed by atoms with Gasteiger partial charge in [0.05, 0.1) is 6.04 Å². The number of carbonyl (C=O) groups is 2. The molecule has 0 fully saturated rings. The van der Waals surface area contributed by atoms with E-state index >= 15 is 0 Å². The minimum atomic E-state index is -0.180. The highest BCUT2D eigenvalue weighted by molar-refractivity contribution is 5.95. The van der Waals surface area contributed by atoms with Crippen molar-refractivity contribution in [1.29, 1.82) is 0 Å². The summed E-state index contributed by atoms with van der Waals surface area (Å²) in [4.78, 5) is 31.4. The Morgan fingerprint density at radius 2 is 2.04 bits per heavy atom. The molecule has 132 valence electrons. The van der Waals surface area contributed by atoms with E-state index in [2.05, 4.69) is 10.3 Å². The molecule has 0 saturated heterocycles. The minimum absolute atomic E-state index is 0.00127. The number of aromatic nitrogens is 2. The molecule has 0 radical (unpaired) electrons. The number of hydrogen-bond donors (Lipinski definition) is 1. The summed E-state index contributed by atoms with van der Waals surface area (Å²) in [5.74, 6) is 0.570. The van der Waals surface area contributed by atoms with E-state index in [0.717, 1.165) is 11.4 Å². The number of nitrogens with zero attached hydrogens (tertiary/aromatic N) is 3. The molecule has 2 heterocycles. The number of benzene rings is 1. The van der Waals surface area contributed by atoms with E-state index in [4.69, 9.17) is 0 Å². The van der Waals surface area contributed by atoms with Crippen LogP contribution in [0.25, 0.3) is 0 Å². The van der Waals surface area contributed by atoms with Gasteiger partial charge in [-0.15, -0.1) is 0 Å². The number of hydrogen-bond acceptors (Lipinski definition) is 3. The lowest BCUT2D eigenvalue weighted by atomic mass is 10.1. The SMILES string of the molecule is Cc1cccc(C(=O)N2CCn3cc(C(=O)NC(C)C)nc3C2C)c1. The van der Waals surface area contributed by atoms with E-state index in [1.807, 2.05) is 61.4 Å². The Labute approximate surface area is 147 Å². The molecule has 1 unspecified atom stereocenters. The highest BCUT2D eigenvalue weighted by Gasteiger charge is 2.31. The van der Waals surface area contributed by atoms with Crippen molar-refractivity contribution in [3.05, 3.63) is 53.1 Å². The Bertz CT molecular complexity index is 810. The average molecular weight is 340 g/mol. The van der Waals surface area contributed by atoms with Crippen LogP contribution in [-0.2, 0) is 6.54 Å². The Balaban J connectivity index is 1.83. The van der Waals surface area contributed by atoms with E-state index in [1.54, 1.807) is 6.20 Å². The molecule has 0 bridgehead atoms. The molecule has 6 heteroatoms. The normalized spacial score (nSPS) is 16.7. The summed E-state index contributed by atoms with van der Waals surface area (Å²) >= 11 is 0. The molecule has 1 aromatic carbocycles. The zero-order valence-electron chi connectivity index (χ0n) is 15.1. The first-order valence-electron chi connectivity index (χ1n) is 8.62. The Kier molecular flexibility index (Phi) is 4.61. The van der Waals surface area contributed by atoms with Crippen molar-refractivity contribution < 1.29 is 9.59 Å². The van der Waals surface area contributed by atoms with Crippen LogP contribution in [0.3, 0.4) is 0 Å². The van der Waals surface area contributed by atoms with Gasteiger partial charge in [0.25, 0.3) is 11.8 Å². The summed E-state index contributed by atoms with van der Waals surface area (Å²) in [6.45, 7) is 9.00. The summed E-state index contributed by atoms with van der Waals surface area (Å²) in [6.07, 6.45) is 1.78. The zero-order chi connectivity index (χ0) is 18.1. The minimum Gasteiger partial charge on any atom is -0.348 e. The third kappa shape index (κ3) is 3.43. The summed E-state index contributed by atoms with van der Waals surface area (Å²) in [5.41, 5.74) is 2.15. The van der Waals surface area contributed by atoms with E-state index in [-0.39, 0.29) is 23.9 Å². The van der Waals surface area contributed by atoms with Crippen molar-refractivity contribution in [3.8, 4) is 0 Å². The van der Waals surface area contributed by atoms with Crippen LogP contribution in [0.2, 0.25) is 0 Å². The molecule has 0 aliphatic carbocycles. The standard InChI is InChI=1S/C19H24N4O2/c1-12(2)20-18(24)16-11-22-8-9-23(14(4)17(22)21-16)19(25)15-7-5-6-13(3)10-15/h5-7,10-12,14H,8-9H2,1-4H3,(H,20,24). The number of fused-ring (bicyclic) bond motifs is 1. The lowest BCUT2D eigenvalue weighted by Gasteiger charge is -2.33. The van der Waals surface area contributed by atoms with Crippen LogP contribution in [0, 0.1) is 6.92 Å². The van der Waals surface area contributed by atoms with Crippen molar-refractivity contribution in [2.75, 3.05) is 6.54 Å². The van der Waals surface area contributed by atoms with Gasteiger partial charge in [-0.1, -0.05) is 17.7 Å². The highest BCUT2D eigenvalue weighted by atomic mass is 16.2. The number of amides is 2. The first kappa shape index (κ1) is 17.2. The van der Waals surface area contributed by atoms with Crippen molar-refractivity contribution >= 4 is 11.8 Å². The largest absolute Gasteiger partial charge is 0.348 e. The van der Waals surface area contributed by atoms with E-state index in [0.29, 0.717) is 24.3 Å². The fraction of sp³-hybridized carbons (Fsp3) is 0.421. The predicted octanol–water partition coefficient (Wildman–Crippen LogP) is 2.55. The van der Waals surface area contributed by atoms with E-state index in [9.17, 15) is 9.59 Å². The molecule has 25 heavy (non-hydrogen) atoms. The third-order valence-corrected chi connectivity index (χ3v) is 4.41. The van der Waals surface area contributed by atoms with Gasteiger partial charge in [0.1, 0.15) is 11.5 Å². The molecule has 0 saturated carbocycles. The second-order valence-corrected chi connectivity index (χ2v) is 6.85. The second-order valence-electron chi connectivity index (χ2n) is 6.85. The topological polar surface area (TPSA) is 67.2 Å². The van der Waals surface area contributed by atoms with Gasteiger partial charge in [-0.2, -0.15) is 0 Å². The van der Waals surface area contributed by atoms with Crippen LogP contribution in [0.5, 0.6) is 0 Å². The van der Waals surface area contributed by atoms with Gasteiger partial charge in [0.2, 0.25) is 0 Å². The zero-order valence-corrected chi connectivity index (χ0v) is 15.1. The maximum atomic E-state index is 12.9. The lowest BCUT2D eigenvalue weighted by Crippen LogP contribution is -2.41. The first-order chi connectivity index (χ1) is 11.9. The van der Waals surface area contributed by atoms with Crippen LogP contribution in [0.4, 0.5) is 0 Å². The van der Waals surface area contributed by atoms with Gasteiger partial charge < -0.3 is 14.8 Å². The molecule has 1 aliphatic rings. The molecule has 3 rings (SSSR count). The Morgan fingerprint density at radius 3 is 2.72 bits per heavy atom. The lowest BCUT2D eigenvalue weighted by molar-refractivity contribution is 0.0637. The summed E-state index contributed by atoms with van der Waals surface area (Å²) in [7, 11) is 0. The van der Waals surface area contributed by atoms with Gasteiger partial charge in [-0.3, -0.25) is 9.59 Å². The molecule has 1 atom stereocenters. The third-order valence-electron chi connectivity index (χ3n) is 4.41. The van der Waals surface area contributed by atoms with Crippen LogP contribution >= 0.6 is 0 Å². The van der Waals surface area contributed by atoms with E-state index in [1.165, 1.54) is 0 Å². The average Bonchev–Trinajstić information content (AvgIpc) is 2.99. The van der Waals surface area contributed by atoms with Crippen LogP contribution < -0.4 is 5.32 Å². The van der Waals surface area contributed by atoms with Gasteiger partial charge in [-0.05, 0) is 39.8 Å². The summed E-state index contributed by atoms with van der Waals surface area (Å²) in [6, 6.07) is 7.49. The molecule has 1 N–H and O–H groups in total. The monoisotopic (exact) mass is 340 g/mol. The number of nitrogens with one attached hydrogen (secondary N) is 1. The molecule has 0 spiro atoms. The number of imidazole rings is 1. The van der Waals surface area contributed by atoms with Crippen LogP contribution in [0.15, 0.2) is 30.5 Å². The Hall–Kier alpha value is -2.63. The summed E-state index contributed by atoms with van der Waals surface area (Å²) in [5, 5.41) is 2.85. The van der Waals surface area contributed by atoms with Crippen LogP contribution in [-0.4, -0.2) is 38.9 Å². The molecule has 2 amide bonds. The van der Waals surface area contributed by atoms with Crippen molar-refractivity contribution in [2.45, 2.75) is 46.3 Å². The van der Waals surface area contributed by atoms with Crippen molar-refractivity contribution in [1.82, 2.24) is 19.8 Å². The van der Waals surface area contributed by atoms with Gasteiger partial charge in [0.15, 0.2) is 0 Å². The quantitative estimate of drug-likeness (QED) is 0.934. The fourth-order valence-corrected chi connectivity index (χ4v) is 3.16. The molecule has 1 aliphatic heterocycles. The number of aryl methyl sites for hydroxylation is 1. The molecular weight excluding hydrogens is 316 g/mol. The molecule has 6 nitrogen and oxygen atoms in total. The van der Waals surface area contributed by atoms with E-state index < -0.39 is 0 Å². The predicted molar refractivity (Wildman–Crippen MR) is 95.5 cm³/mol. The first-order valence-corrected chi connectivity index (χ1v) is 8.62. The molecule has 2 aromatic rings. The van der Waals surface area contributed by atoms with Gasteiger partial charge >= 0.3 is 0 Å². The number of rotatable bonds is 3. The number of carbonyl (C=O) groups excluding carboxylic acids is 2. The maximum Gasteiger partial charge on any atom is 0.271 e. The molecule has 1 aromatic heterocycles. The van der Waals surface area contributed by atoms with Crippen molar-refractivity contribution in [2.24, 2.45) is 0 Å². The molecular formula is C19H24N4O2. The van der Waals surface area contributed by atoms with Crippen LogP contribution in [0.1, 0.15) is 59.0 Å². The fourth-order valence-electron chi connectivity index (χ4n) is 3.16. The van der Waals surface area contributed by atoms with Gasteiger partial charge in [-0.25, -0.2) is 4.98 Å². The smallest absolute Gasteiger partial charge is 0.271 e. The summed E-state index contributed by atoms with van der Waals surface area (Å²) < 4.78 is 1.97. The van der Waals surface area contributed by atoms with Crippen molar-refractivity contribution in [3.63, 3.8) is 0 Å². The van der Waals surface area contributed by atoms with Gasteiger partial charge in [0, 0.05) is 30.9 Å². The highest BCUT2D eigenvalue weighted by Crippen LogP contribution is 2.26. The maximum absolute atomic E-state index is 12.9.